The van der Waals surface area contributed by atoms with Gasteiger partial charge in [-0.05, 0) is 37.5 Å². The molecule has 0 aliphatic carbocycles. The van der Waals surface area contributed by atoms with Crippen LogP contribution >= 0.6 is 15.9 Å². The van der Waals surface area contributed by atoms with E-state index in [2.05, 4.69) is 27.3 Å². The molecule has 1 aromatic carbocycles. The maximum atomic E-state index is 12.0. The third kappa shape index (κ3) is 2.40. The first-order chi connectivity index (χ1) is 9.69. The highest BCUT2D eigenvalue weighted by molar-refractivity contribution is 9.10. The maximum Gasteiger partial charge on any atom is 0.225 e. The van der Waals surface area contributed by atoms with Crippen LogP contribution in [-0.2, 0) is 4.79 Å². The first-order valence-electron chi connectivity index (χ1n) is 6.94. The van der Waals surface area contributed by atoms with Gasteiger partial charge < -0.3 is 10.2 Å². The second kappa shape index (κ2) is 5.45. The molecule has 1 aromatic rings. The number of benzene rings is 1. The molecule has 2 unspecified atom stereocenters. The SMILES string of the molecule is N#Cc1cc(Br)ccc1NC1CC(=O)N2CCCCC12. The van der Waals surface area contributed by atoms with Crippen molar-refractivity contribution < 1.29 is 4.79 Å². The number of amides is 1. The van der Waals surface area contributed by atoms with Crippen molar-refractivity contribution in [2.45, 2.75) is 37.8 Å². The molecule has 0 aromatic heterocycles. The second-order valence-electron chi connectivity index (χ2n) is 5.41. The highest BCUT2D eigenvalue weighted by atomic mass is 79.9. The highest BCUT2D eigenvalue weighted by Gasteiger charge is 2.40. The lowest BCUT2D eigenvalue weighted by molar-refractivity contribution is -0.129. The van der Waals surface area contributed by atoms with E-state index in [0.29, 0.717) is 12.0 Å². The fraction of sp³-hybridized carbons (Fsp3) is 0.467. The Bertz CT molecular complexity index is 581. The maximum absolute atomic E-state index is 12.0. The molecule has 2 aliphatic heterocycles. The van der Waals surface area contributed by atoms with Gasteiger partial charge in [-0.25, -0.2) is 0 Å². The normalized spacial score (nSPS) is 25.2. The lowest BCUT2D eigenvalue weighted by Gasteiger charge is -2.33. The van der Waals surface area contributed by atoms with Crippen molar-refractivity contribution in [1.82, 2.24) is 4.90 Å². The molecule has 0 saturated carbocycles. The number of rotatable bonds is 2. The number of piperidine rings is 1. The zero-order valence-electron chi connectivity index (χ0n) is 11.1. The first kappa shape index (κ1) is 13.4. The van der Waals surface area contributed by atoms with Crippen molar-refractivity contribution in [1.29, 1.82) is 5.26 Å². The van der Waals surface area contributed by atoms with Gasteiger partial charge in [-0.15, -0.1) is 0 Å². The molecule has 20 heavy (non-hydrogen) atoms. The molecule has 2 fully saturated rings. The Morgan fingerprint density at radius 1 is 1.40 bits per heavy atom. The Labute approximate surface area is 126 Å². The van der Waals surface area contributed by atoms with Crippen LogP contribution in [0, 0.1) is 11.3 Å². The van der Waals surface area contributed by atoms with Crippen molar-refractivity contribution in [3.8, 4) is 6.07 Å². The molecule has 2 atom stereocenters. The fourth-order valence-corrected chi connectivity index (χ4v) is 3.57. The molecule has 0 bridgehead atoms. The van der Waals surface area contributed by atoms with Crippen LogP contribution in [0.1, 0.15) is 31.2 Å². The summed E-state index contributed by atoms with van der Waals surface area (Å²) in [5, 5.41) is 12.6. The largest absolute Gasteiger partial charge is 0.379 e. The summed E-state index contributed by atoms with van der Waals surface area (Å²) in [7, 11) is 0. The molecule has 2 saturated heterocycles. The Kier molecular flexibility index (Phi) is 3.66. The molecule has 1 N–H and O–H groups in total. The molecule has 3 rings (SSSR count). The van der Waals surface area contributed by atoms with Crippen LogP contribution in [0.25, 0.3) is 0 Å². The number of carbonyl (C=O) groups is 1. The van der Waals surface area contributed by atoms with E-state index in [-0.39, 0.29) is 18.0 Å². The average molecular weight is 334 g/mol. The predicted molar refractivity (Wildman–Crippen MR) is 80.2 cm³/mol. The van der Waals surface area contributed by atoms with Gasteiger partial charge in [0.15, 0.2) is 0 Å². The van der Waals surface area contributed by atoms with Crippen molar-refractivity contribution in [2.75, 3.05) is 11.9 Å². The number of nitriles is 1. The fourth-order valence-electron chi connectivity index (χ4n) is 3.21. The van der Waals surface area contributed by atoms with E-state index in [9.17, 15) is 10.1 Å². The van der Waals surface area contributed by atoms with E-state index >= 15 is 0 Å². The van der Waals surface area contributed by atoms with Gasteiger partial charge in [0.2, 0.25) is 5.91 Å². The van der Waals surface area contributed by atoms with Crippen LogP contribution in [0.4, 0.5) is 5.69 Å². The number of hydrogen-bond acceptors (Lipinski definition) is 3. The lowest BCUT2D eigenvalue weighted by atomic mass is 9.98. The van der Waals surface area contributed by atoms with E-state index in [0.717, 1.165) is 29.5 Å². The van der Waals surface area contributed by atoms with E-state index in [4.69, 9.17) is 0 Å². The summed E-state index contributed by atoms with van der Waals surface area (Å²) >= 11 is 3.37. The zero-order chi connectivity index (χ0) is 14.1. The number of carbonyl (C=O) groups excluding carboxylic acids is 1. The van der Waals surface area contributed by atoms with Gasteiger partial charge in [0.1, 0.15) is 6.07 Å². The molecule has 0 spiro atoms. The van der Waals surface area contributed by atoms with Crippen molar-refractivity contribution >= 4 is 27.5 Å². The minimum absolute atomic E-state index is 0.121. The Morgan fingerprint density at radius 3 is 3.05 bits per heavy atom. The summed E-state index contributed by atoms with van der Waals surface area (Å²) < 4.78 is 0.890. The number of nitrogens with one attached hydrogen (secondary N) is 1. The summed E-state index contributed by atoms with van der Waals surface area (Å²) in [4.78, 5) is 14.0. The minimum atomic E-state index is 0.121. The molecular weight excluding hydrogens is 318 g/mol. The van der Waals surface area contributed by atoms with Crippen molar-refractivity contribution in [3.05, 3.63) is 28.2 Å². The summed E-state index contributed by atoms with van der Waals surface area (Å²) in [5.74, 6) is 0.239. The number of anilines is 1. The summed E-state index contributed by atoms with van der Waals surface area (Å²) in [5.41, 5.74) is 1.43. The Morgan fingerprint density at radius 2 is 2.25 bits per heavy atom. The Hall–Kier alpha value is -1.54. The topological polar surface area (TPSA) is 56.1 Å². The van der Waals surface area contributed by atoms with Crippen molar-refractivity contribution in [2.24, 2.45) is 0 Å². The molecule has 4 nitrogen and oxygen atoms in total. The quantitative estimate of drug-likeness (QED) is 0.905. The van der Waals surface area contributed by atoms with E-state index in [1.165, 1.54) is 6.42 Å². The predicted octanol–water partition coefficient (Wildman–Crippen LogP) is 2.89. The van der Waals surface area contributed by atoms with Crippen LogP contribution in [-0.4, -0.2) is 29.4 Å². The van der Waals surface area contributed by atoms with E-state index < -0.39 is 0 Å². The second-order valence-corrected chi connectivity index (χ2v) is 6.32. The summed E-state index contributed by atoms with van der Waals surface area (Å²) in [6.45, 7) is 0.882. The van der Waals surface area contributed by atoms with Crippen LogP contribution in [0.15, 0.2) is 22.7 Å². The van der Waals surface area contributed by atoms with Crippen LogP contribution in [0.5, 0.6) is 0 Å². The van der Waals surface area contributed by atoms with Crippen LogP contribution in [0.3, 0.4) is 0 Å². The third-order valence-electron chi connectivity index (χ3n) is 4.17. The number of halogens is 1. The molecule has 5 heteroatoms. The Balaban J connectivity index is 1.81. The van der Waals surface area contributed by atoms with Gasteiger partial charge in [-0.1, -0.05) is 15.9 Å². The number of nitrogens with zero attached hydrogens (tertiary/aromatic N) is 2. The zero-order valence-corrected chi connectivity index (χ0v) is 12.7. The lowest BCUT2D eigenvalue weighted by Crippen LogP contribution is -2.43. The third-order valence-corrected chi connectivity index (χ3v) is 4.66. The van der Waals surface area contributed by atoms with E-state index in [1.807, 2.05) is 17.0 Å². The van der Waals surface area contributed by atoms with Gasteiger partial charge >= 0.3 is 0 Å². The molecule has 104 valence electrons. The highest BCUT2D eigenvalue weighted by Crippen LogP contribution is 2.31. The molecule has 0 radical (unpaired) electrons. The number of fused-ring (bicyclic) bond motifs is 1. The number of hydrogen-bond donors (Lipinski definition) is 1. The molecule has 2 heterocycles. The monoisotopic (exact) mass is 333 g/mol. The van der Waals surface area contributed by atoms with Gasteiger partial charge in [-0.3, -0.25) is 4.79 Å². The standard InChI is InChI=1S/C15H16BrN3O/c16-11-4-5-12(10(7-11)9-17)18-13-8-15(20)19-6-2-1-3-14(13)19/h4-5,7,13-14,18H,1-3,6,8H2. The summed E-state index contributed by atoms with van der Waals surface area (Å²) in [6.07, 6.45) is 3.88. The van der Waals surface area contributed by atoms with Gasteiger partial charge in [-0.2, -0.15) is 5.26 Å². The minimum Gasteiger partial charge on any atom is -0.379 e. The first-order valence-corrected chi connectivity index (χ1v) is 7.74. The molecular formula is C15H16BrN3O. The molecule has 1 amide bonds. The summed E-state index contributed by atoms with van der Waals surface area (Å²) in [6, 6.07) is 8.23. The van der Waals surface area contributed by atoms with Gasteiger partial charge in [0.25, 0.3) is 0 Å². The smallest absolute Gasteiger partial charge is 0.225 e. The van der Waals surface area contributed by atoms with Crippen LogP contribution in [0.2, 0.25) is 0 Å². The van der Waals surface area contributed by atoms with Gasteiger partial charge in [0, 0.05) is 17.4 Å². The molecule has 2 aliphatic rings. The van der Waals surface area contributed by atoms with Gasteiger partial charge in [0.05, 0.1) is 23.3 Å². The van der Waals surface area contributed by atoms with E-state index in [1.54, 1.807) is 6.07 Å². The average Bonchev–Trinajstić information content (AvgIpc) is 2.78. The van der Waals surface area contributed by atoms with Crippen LogP contribution < -0.4 is 5.32 Å². The van der Waals surface area contributed by atoms with Crippen molar-refractivity contribution in [3.63, 3.8) is 0 Å².